The van der Waals surface area contributed by atoms with Crippen LogP contribution in [0.1, 0.15) is 5.56 Å². The summed E-state index contributed by atoms with van der Waals surface area (Å²) in [6.45, 7) is 1.58. The second kappa shape index (κ2) is 7.14. The van der Waals surface area contributed by atoms with Gasteiger partial charge in [-0.25, -0.2) is 0 Å². The van der Waals surface area contributed by atoms with Crippen LogP contribution < -0.4 is 0 Å². The van der Waals surface area contributed by atoms with Crippen LogP contribution >= 0.6 is 0 Å². The predicted molar refractivity (Wildman–Crippen MR) is 76.0 cm³/mol. The summed E-state index contributed by atoms with van der Waals surface area (Å²) in [5.41, 5.74) is 3.04. The van der Waals surface area contributed by atoms with Crippen LogP contribution in [-0.4, -0.2) is 58.6 Å². The van der Waals surface area contributed by atoms with Crippen molar-refractivity contribution >= 4 is 0 Å². The Bertz CT molecular complexity index is 515. The molecule has 0 aliphatic rings. The molecule has 1 atom stereocenters. The summed E-state index contributed by atoms with van der Waals surface area (Å²) in [5, 5.41) is 16.8. The summed E-state index contributed by atoms with van der Waals surface area (Å²) in [4.78, 5) is 6.15. The maximum absolute atomic E-state index is 9.73. The molecule has 0 bridgehead atoms. The Kier molecular flexibility index (Phi) is 5.23. The van der Waals surface area contributed by atoms with Crippen molar-refractivity contribution in [2.24, 2.45) is 0 Å². The first-order valence-corrected chi connectivity index (χ1v) is 6.49. The fourth-order valence-corrected chi connectivity index (χ4v) is 2.15. The van der Waals surface area contributed by atoms with E-state index in [9.17, 15) is 5.11 Å². The van der Waals surface area contributed by atoms with E-state index in [4.69, 9.17) is 4.74 Å². The lowest BCUT2D eigenvalue weighted by atomic mass is 10.1. The molecule has 6 heteroatoms. The van der Waals surface area contributed by atoms with Crippen molar-refractivity contribution in [2.45, 2.75) is 12.6 Å². The SMILES string of the molecule is COCC(O)CN(C)Cc1cn[nH]c1-c1cccnc1. The van der Waals surface area contributed by atoms with Crippen LogP contribution in [-0.2, 0) is 11.3 Å². The van der Waals surface area contributed by atoms with Crippen LogP contribution in [0.3, 0.4) is 0 Å². The molecule has 0 saturated heterocycles. The number of nitrogens with zero attached hydrogens (tertiary/aromatic N) is 3. The minimum absolute atomic E-state index is 0.338. The molecule has 0 radical (unpaired) electrons. The molecule has 2 aromatic heterocycles. The Balaban J connectivity index is 2.02. The number of aliphatic hydroxyl groups excluding tert-OH is 1. The zero-order valence-electron chi connectivity index (χ0n) is 11.8. The number of aliphatic hydroxyl groups is 1. The van der Waals surface area contributed by atoms with Gasteiger partial charge in [0.15, 0.2) is 0 Å². The Morgan fingerprint density at radius 2 is 2.30 bits per heavy atom. The molecule has 1 unspecified atom stereocenters. The van der Waals surface area contributed by atoms with E-state index in [1.807, 2.05) is 30.3 Å². The van der Waals surface area contributed by atoms with Crippen molar-refractivity contribution in [2.75, 3.05) is 27.3 Å². The van der Waals surface area contributed by atoms with Gasteiger partial charge in [-0.15, -0.1) is 0 Å². The van der Waals surface area contributed by atoms with Crippen molar-refractivity contribution in [3.63, 3.8) is 0 Å². The molecule has 20 heavy (non-hydrogen) atoms. The van der Waals surface area contributed by atoms with Crippen molar-refractivity contribution in [3.05, 3.63) is 36.3 Å². The van der Waals surface area contributed by atoms with E-state index in [1.165, 1.54) is 0 Å². The smallest absolute Gasteiger partial charge is 0.0900 e. The Hall–Kier alpha value is -1.76. The van der Waals surface area contributed by atoms with Crippen molar-refractivity contribution in [3.8, 4) is 11.3 Å². The Morgan fingerprint density at radius 3 is 3.00 bits per heavy atom. The molecule has 2 N–H and O–H groups in total. The third-order valence-corrected chi connectivity index (χ3v) is 2.99. The lowest BCUT2D eigenvalue weighted by Gasteiger charge is -2.20. The number of aromatic nitrogens is 3. The average Bonchev–Trinajstić information content (AvgIpc) is 2.87. The van der Waals surface area contributed by atoms with Crippen molar-refractivity contribution in [1.29, 1.82) is 0 Å². The highest BCUT2D eigenvalue weighted by molar-refractivity contribution is 5.61. The van der Waals surface area contributed by atoms with Gasteiger partial charge in [0.05, 0.1) is 24.6 Å². The molecular weight excluding hydrogens is 256 g/mol. The molecule has 6 nitrogen and oxygen atoms in total. The highest BCUT2D eigenvalue weighted by Gasteiger charge is 2.12. The van der Waals surface area contributed by atoms with Gasteiger partial charge in [-0.3, -0.25) is 15.0 Å². The molecule has 0 aliphatic heterocycles. The zero-order valence-corrected chi connectivity index (χ0v) is 11.8. The number of rotatable bonds is 7. The first-order chi connectivity index (χ1) is 9.70. The molecule has 2 heterocycles. The summed E-state index contributed by atoms with van der Waals surface area (Å²) in [7, 11) is 3.54. The zero-order chi connectivity index (χ0) is 14.4. The van der Waals surface area contributed by atoms with Gasteiger partial charge < -0.3 is 9.84 Å². The number of ether oxygens (including phenoxy) is 1. The largest absolute Gasteiger partial charge is 0.389 e. The van der Waals surface area contributed by atoms with Gasteiger partial charge in [-0.2, -0.15) is 5.10 Å². The number of hydrogen-bond acceptors (Lipinski definition) is 5. The predicted octanol–water partition coefficient (Wildman–Crippen LogP) is 0.911. The average molecular weight is 276 g/mol. The molecule has 2 rings (SSSR count). The minimum atomic E-state index is -0.487. The van der Waals surface area contributed by atoms with Gasteiger partial charge in [-0.05, 0) is 19.2 Å². The summed E-state index contributed by atoms with van der Waals surface area (Å²) >= 11 is 0. The van der Waals surface area contributed by atoms with E-state index in [2.05, 4.69) is 15.2 Å². The van der Waals surface area contributed by atoms with Gasteiger partial charge >= 0.3 is 0 Å². The van der Waals surface area contributed by atoms with Crippen LogP contribution in [0.15, 0.2) is 30.7 Å². The molecule has 0 aliphatic carbocycles. The first-order valence-electron chi connectivity index (χ1n) is 6.49. The third-order valence-electron chi connectivity index (χ3n) is 2.99. The highest BCUT2D eigenvalue weighted by Crippen LogP contribution is 2.20. The molecule has 0 aromatic carbocycles. The van der Waals surface area contributed by atoms with Crippen LogP contribution in [0.5, 0.6) is 0 Å². The standard InChI is InChI=1S/C14H20N4O2/c1-18(9-13(19)10-20-2)8-12-7-16-17-14(12)11-4-3-5-15-6-11/h3-7,13,19H,8-10H2,1-2H3,(H,16,17). The normalized spacial score (nSPS) is 12.8. The number of aromatic amines is 1. The van der Waals surface area contributed by atoms with Crippen molar-refractivity contribution in [1.82, 2.24) is 20.1 Å². The molecule has 0 saturated carbocycles. The first kappa shape index (κ1) is 14.6. The van der Waals surface area contributed by atoms with E-state index in [1.54, 1.807) is 19.5 Å². The number of pyridine rings is 1. The maximum atomic E-state index is 9.73. The monoisotopic (exact) mass is 276 g/mol. The van der Waals surface area contributed by atoms with Gasteiger partial charge in [0.25, 0.3) is 0 Å². The van der Waals surface area contributed by atoms with Crippen LogP contribution in [0.4, 0.5) is 0 Å². The summed E-state index contributed by atoms with van der Waals surface area (Å²) < 4.78 is 4.93. The second-order valence-electron chi connectivity index (χ2n) is 4.82. The number of H-pyrrole nitrogens is 1. The van der Waals surface area contributed by atoms with Crippen LogP contribution in [0, 0.1) is 0 Å². The summed E-state index contributed by atoms with van der Waals surface area (Å²) in [6.07, 6.45) is 4.86. The quantitative estimate of drug-likeness (QED) is 0.786. The molecule has 0 fully saturated rings. The number of methoxy groups -OCH3 is 1. The molecular formula is C14H20N4O2. The van der Waals surface area contributed by atoms with E-state index < -0.39 is 6.10 Å². The van der Waals surface area contributed by atoms with Gasteiger partial charge in [0.1, 0.15) is 0 Å². The minimum Gasteiger partial charge on any atom is -0.389 e. The fraction of sp³-hybridized carbons (Fsp3) is 0.429. The second-order valence-corrected chi connectivity index (χ2v) is 4.82. The van der Waals surface area contributed by atoms with E-state index >= 15 is 0 Å². The van der Waals surface area contributed by atoms with Gasteiger partial charge in [0, 0.05) is 43.7 Å². The molecule has 2 aromatic rings. The fourth-order valence-electron chi connectivity index (χ4n) is 2.15. The number of hydrogen-bond donors (Lipinski definition) is 2. The van der Waals surface area contributed by atoms with Crippen LogP contribution in [0.2, 0.25) is 0 Å². The van der Waals surface area contributed by atoms with E-state index in [0.717, 1.165) is 16.8 Å². The summed E-state index contributed by atoms with van der Waals surface area (Å²) in [5.74, 6) is 0. The number of nitrogens with one attached hydrogen (secondary N) is 1. The molecule has 0 amide bonds. The van der Waals surface area contributed by atoms with Crippen LogP contribution in [0.25, 0.3) is 11.3 Å². The maximum Gasteiger partial charge on any atom is 0.0900 e. The summed E-state index contributed by atoms with van der Waals surface area (Å²) in [6, 6.07) is 3.88. The van der Waals surface area contributed by atoms with Crippen molar-refractivity contribution < 1.29 is 9.84 Å². The van der Waals surface area contributed by atoms with Gasteiger partial charge in [-0.1, -0.05) is 0 Å². The Labute approximate surface area is 118 Å². The number of likely N-dealkylation sites (N-methyl/N-ethyl adjacent to an activating group) is 1. The molecule has 0 spiro atoms. The van der Waals surface area contributed by atoms with E-state index in [0.29, 0.717) is 19.7 Å². The Morgan fingerprint density at radius 1 is 1.45 bits per heavy atom. The topological polar surface area (TPSA) is 74.3 Å². The molecule has 108 valence electrons. The van der Waals surface area contributed by atoms with Gasteiger partial charge in [0.2, 0.25) is 0 Å². The van der Waals surface area contributed by atoms with E-state index in [-0.39, 0.29) is 0 Å². The lowest BCUT2D eigenvalue weighted by Crippen LogP contribution is -2.31. The lowest BCUT2D eigenvalue weighted by molar-refractivity contribution is 0.0419. The highest BCUT2D eigenvalue weighted by atomic mass is 16.5. The third kappa shape index (κ3) is 3.86.